The highest BCUT2D eigenvalue weighted by atomic mass is 16.1. The van der Waals surface area contributed by atoms with Crippen molar-refractivity contribution in [2.45, 2.75) is 45.7 Å². The summed E-state index contributed by atoms with van der Waals surface area (Å²) >= 11 is 0. The van der Waals surface area contributed by atoms with Gasteiger partial charge >= 0.3 is 0 Å². The fraction of sp³-hybridized carbons (Fsp3) is 0.562. The van der Waals surface area contributed by atoms with Crippen molar-refractivity contribution >= 4 is 11.5 Å². The molecular weight excluding hydrogens is 236 g/mol. The van der Waals surface area contributed by atoms with E-state index in [2.05, 4.69) is 43.1 Å². The van der Waals surface area contributed by atoms with Gasteiger partial charge in [-0.3, -0.25) is 4.79 Å². The van der Waals surface area contributed by atoms with Crippen molar-refractivity contribution in [3.8, 4) is 0 Å². The normalized spacial score (nSPS) is 22.9. The van der Waals surface area contributed by atoms with Gasteiger partial charge in [0.15, 0.2) is 5.78 Å². The molecule has 1 saturated heterocycles. The molecule has 0 radical (unpaired) electrons. The van der Waals surface area contributed by atoms with Crippen LogP contribution in [-0.2, 0) is 0 Å². The molecule has 1 atom stereocenters. The number of carbonyl (C=O) groups is 1. The Labute approximate surface area is 116 Å². The van der Waals surface area contributed by atoms with Crippen molar-refractivity contribution in [1.29, 1.82) is 0 Å². The molecule has 1 heterocycles. The number of anilines is 1. The third kappa shape index (κ3) is 2.98. The van der Waals surface area contributed by atoms with Gasteiger partial charge in [-0.05, 0) is 64.9 Å². The van der Waals surface area contributed by atoms with E-state index in [1.165, 1.54) is 5.69 Å². The van der Waals surface area contributed by atoms with E-state index in [9.17, 15) is 4.79 Å². The van der Waals surface area contributed by atoms with Crippen LogP contribution in [0.25, 0.3) is 0 Å². The molecule has 1 aromatic rings. The molecule has 1 N–H and O–H groups in total. The zero-order chi connectivity index (χ0) is 14.0. The van der Waals surface area contributed by atoms with Gasteiger partial charge in [0.05, 0.1) is 0 Å². The molecule has 0 aliphatic carbocycles. The molecule has 1 fully saturated rings. The minimum absolute atomic E-state index is 0.122. The Morgan fingerprint density at radius 1 is 1.32 bits per heavy atom. The van der Waals surface area contributed by atoms with Crippen LogP contribution in [0.2, 0.25) is 0 Å². The van der Waals surface area contributed by atoms with Crippen molar-refractivity contribution in [3.63, 3.8) is 0 Å². The fourth-order valence-electron chi connectivity index (χ4n) is 2.97. The number of rotatable bonds is 2. The first kappa shape index (κ1) is 14.1. The van der Waals surface area contributed by atoms with Gasteiger partial charge < -0.3 is 10.2 Å². The fourth-order valence-corrected chi connectivity index (χ4v) is 2.97. The van der Waals surface area contributed by atoms with Crippen LogP contribution in [0.15, 0.2) is 24.3 Å². The van der Waals surface area contributed by atoms with Crippen molar-refractivity contribution in [3.05, 3.63) is 29.8 Å². The molecule has 0 bridgehead atoms. The lowest BCUT2D eigenvalue weighted by Crippen LogP contribution is -2.49. The largest absolute Gasteiger partial charge is 0.362 e. The standard InChI is InChI=1S/C16H24N2O/c1-12-11-17-10-9-16(3,4)18(12)15-7-5-14(6-8-15)13(2)19/h5-8,12,17H,9-11H2,1-4H3. The predicted molar refractivity (Wildman–Crippen MR) is 80.0 cm³/mol. The monoisotopic (exact) mass is 260 g/mol. The van der Waals surface area contributed by atoms with E-state index < -0.39 is 0 Å². The molecule has 104 valence electrons. The van der Waals surface area contributed by atoms with E-state index in [0.29, 0.717) is 6.04 Å². The van der Waals surface area contributed by atoms with Crippen LogP contribution < -0.4 is 10.2 Å². The highest BCUT2D eigenvalue weighted by molar-refractivity contribution is 5.94. The maximum absolute atomic E-state index is 11.4. The molecule has 1 unspecified atom stereocenters. The third-order valence-electron chi connectivity index (χ3n) is 4.00. The molecular formula is C16H24N2O. The van der Waals surface area contributed by atoms with Gasteiger partial charge in [0.25, 0.3) is 0 Å². The number of ketones is 1. The zero-order valence-corrected chi connectivity index (χ0v) is 12.4. The van der Waals surface area contributed by atoms with Crippen molar-refractivity contribution < 1.29 is 4.79 Å². The summed E-state index contributed by atoms with van der Waals surface area (Å²) < 4.78 is 0. The van der Waals surface area contributed by atoms with Gasteiger partial charge in [0, 0.05) is 29.4 Å². The Hall–Kier alpha value is -1.35. The molecule has 1 aliphatic heterocycles. The first-order valence-corrected chi connectivity index (χ1v) is 7.03. The molecule has 3 nitrogen and oxygen atoms in total. The summed E-state index contributed by atoms with van der Waals surface area (Å²) in [5, 5.41) is 3.49. The second-order valence-electron chi connectivity index (χ2n) is 6.09. The number of Topliss-reactive ketones (excluding diaryl/α,β-unsaturated/α-hetero) is 1. The van der Waals surface area contributed by atoms with E-state index in [1.807, 2.05) is 12.1 Å². The summed E-state index contributed by atoms with van der Waals surface area (Å²) in [5.74, 6) is 0.122. The van der Waals surface area contributed by atoms with Crippen LogP contribution in [0.3, 0.4) is 0 Å². The Kier molecular flexibility index (Phi) is 3.95. The second-order valence-corrected chi connectivity index (χ2v) is 6.09. The maximum atomic E-state index is 11.4. The average molecular weight is 260 g/mol. The molecule has 0 saturated carbocycles. The van der Waals surface area contributed by atoms with Gasteiger partial charge in [-0.1, -0.05) is 0 Å². The van der Waals surface area contributed by atoms with Gasteiger partial charge in [-0.2, -0.15) is 0 Å². The van der Waals surface area contributed by atoms with Gasteiger partial charge in [0.1, 0.15) is 0 Å². The molecule has 0 spiro atoms. The number of nitrogens with one attached hydrogen (secondary N) is 1. The second kappa shape index (κ2) is 5.33. The lowest BCUT2D eigenvalue weighted by molar-refractivity contribution is 0.101. The minimum atomic E-state index is 0.122. The van der Waals surface area contributed by atoms with Crippen LogP contribution >= 0.6 is 0 Å². The van der Waals surface area contributed by atoms with Crippen molar-refractivity contribution in [2.24, 2.45) is 0 Å². The first-order valence-electron chi connectivity index (χ1n) is 7.03. The Morgan fingerprint density at radius 2 is 1.95 bits per heavy atom. The molecule has 0 amide bonds. The van der Waals surface area contributed by atoms with Crippen molar-refractivity contribution in [1.82, 2.24) is 5.32 Å². The third-order valence-corrected chi connectivity index (χ3v) is 4.00. The minimum Gasteiger partial charge on any atom is -0.362 e. The summed E-state index contributed by atoms with van der Waals surface area (Å²) in [5.41, 5.74) is 2.11. The van der Waals surface area contributed by atoms with Crippen LogP contribution in [0.4, 0.5) is 5.69 Å². The first-order chi connectivity index (χ1) is 8.92. The summed E-state index contributed by atoms with van der Waals surface area (Å²) in [6.07, 6.45) is 1.12. The van der Waals surface area contributed by atoms with E-state index >= 15 is 0 Å². The van der Waals surface area contributed by atoms with E-state index in [1.54, 1.807) is 6.92 Å². The van der Waals surface area contributed by atoms with Crippen LogP contribution in [0.1, 0.15) is 44.5 Å². The molecule has 1 aliphatic rings. The number of nitrogens with zero attached hydrogens (tertiary/aromatic N) is 1. The van der Waals surface area contributed by atoms with Gasteiger partial charge in [-0.25, -0.2) is 0 Å². The number of carbonyl (C=O) groups excluding carboxylic acids is 1. The Bertz CT molecular complexity index is 450. The highest BCUT2D eigenvalue weighted by Crippen LogP contribution is 2.30. The van der Waals surface area contributed by atoms with Gasteiger partial charge in [-0.15, -0.1) is 0 Å². The predicted octanol–water partition coefficient (Wildman–Crippen LogP) is 2.86. The molecule has 1 aromatic carbocycles. The van der Waals surface area contributed by atoms with Crippen LogP contribution in [0, 0.1) is 0 Å². The van der Waals surface area contributed by atoms with Crippen LogP contribution in [0.5, 0.6) is 0 Å². The Morgan fingerprint density at radius 3 is 2.53 bits per heavy atom. The maximum Gasteiger partial charge on any atom is 0.159 e. The van der Waals surface area contributed by atoms with E-state index in [-0.39, 0.29) is 11.3 Å². The zero-order valence-electron chi connectivity index (χ0n) is 12.4. The molecule has 3 heteroatoms. The number of hydrogen-bond donors (Lipinski definition) is 1. The SMILES string of the molecule is CC(=O)c1ccc(N2C(C)CNCCC2(C)C)cc1. The molecule has 19 heavy (non-hydrogen) atoms. The van der Waals surface area contributed by atoms with E-state index in [4.69, 9.17) is 0 Å². The van der Waals surface area contributed by atoms with Gasteiger partial charge in [0.2, 0.25) is 0 Å². The molecule has 0 aromatic heterocycles. The lowest BCUT2D eigenvalue weighted by Gasteiger charge is -2.42. The number of benzene rings is 1. The summed E-state index contributed by atoms with van der Waals surface area (Å²) in [6.45, 7) is 10.5. The van der Waals surface area contributed by atoms with E-state index in [0.717, 1.165) is 25.1 Å². The Balaban J connectivity index is 2.33. The van der Waals surface area contributed by atoms with Crippen LogP contribution in [-0.4, -0.2) is 30.5 Å². The topological polar surface area (TPSA) is 32.3 Å². The lowest BCUT2D eigenvalue weighted by atomic mass is 9.96. The van der Waals surface area contributed by atoms with Crippen molar-refractivity contribution in [2.75, 3.05) is 18.0 Å². The number of hydrogen-bond acceptors (Lipinski definition) is 3. The summed E-state index contributed by atoms with van der Waals surface area (Å²) in [7, 11) is 0. The smallest absolute Gasteiger partial charge is 0.159 e. The molecule has 2 rings (SSSR count). The highest BCUT2D eigenvalue weighted by Gasteiger charge is 2.32. The summed E-state index contributed by atoms with van der Waals surface area (Å²) in [4.78, 5) is 13.8. The summed E-state index contributed by atoms with van der Waals surface area (Å²) in [6, 6.07) is 8.44. The quantitative estimate of drug-likeness (QED) is 0.830. The average Bonchev–Trinajstić information content (AvgIpc) is 2.47.